The van der Waals surface area contributed by atoms with Gasteiger partial charge in [-0.1, -0.05) is 43.0 Å². The SMILES string of the molecule is COc1ccc(N(CC(=O)N(Cc2cccc(Cl)c2)[C@@H](C)C(=O)NC2CCCCC2)S(C)(=O)=O)cc1OC. The molecule has 0 saturated heterocycles. The number of ether oxygens (including phenoxy) is 2. The zero-order valence-electron chi connectivity index (χ0n) is 22.3. The highest BCUT2D eigenvalue weighted by molar-refractivity contribution is 7.92. The van der Waals surface area contributed by atoms with Crippen LogP contribution < -0.4 is 19.1 Å². The molecule has 0 bridgehead atoms. The van der Waals surface area contributed by atoms with Crippen LogP contribution in [0.4, 0.5) is 5.69 Å². The van der Waals surface area contributed by atoms with Crippen molar-refractivity contribution in [2.75, 3.05) is 31.3 Å². The van der Waals surface area contributed by atoms with E-state index in [1.165, 1.54) is 31.3 Å². The van der Waals surface area contributed by atoms with Crippen LogP contribution in [0.15, 0.2) is 42.5 Å². The molecule has 1 saturated carbocycles. The summed E-state index contributed by atoms with van der Waals surface area (Å²) >= 11 is 6.16. The number of anilines is 1. The van der Waals surface area contributed by atoms with Gasteiger partial charge in [0, 0.05) is 23.7 Å². The maximum Gasteiger partial charge on any atom is 0.244 e. The van der Waals surface area contributed by atoms with Crippen LogP contribution in [0, 0.1) is 0 Å². The van der Waals surface area contributed by atoms with Crippen LogP contribution in [0.3, 0.4) is 0 Å². The van der Waals surface area contributed by atoms with Gasteiger partial charge in [-0.15, -0.1) is 0 Å². The van der Waals surface area contributed by atoms with E-state index in [0.29, 0.717) is 16.5 Å². The van der Waals surface area contributed by atoms with Crippen molar-refractivity contribution in [3.05, 3.63) is 53.1 Å². The van der Waals surface area contributed by atoms with E-state index in [1.54, 1.807) is 37.3 Å². The average Bonchev–Trinajstić information content (AvgIpc) is 2.89. The monoisotopic (exact) mass is 565 g/mol. The fraction of sp³-hybridized carbons (Fsp3) is 0.481. The third-order valence-electron chi connectivity index (χ3n) is 6.70. The molecule has 3 rings (SSSR count). The number of nitrogens with one attached hydrogen (secondary N) is 1. The lowest BCUT2D eigenvalue weighted by Crippen LogP contribution is -2.52. The second-order valence-corrected chi connectivity index (χ2v) is 11.8. The molecule has 208 valence electrons. The first-order valence-electron chi connectivity index (χ1n) is 12.6. The van der Waals surface area contributed by atoms with Crippen LogP contribution >= 0.6 is 11.6 Å². The van der Waals surface area contributed by atoms with Gasteiger partial charge in [0.25, 0.3) is 0 Å². The fourth-order valence-electron chi connectivity index (χ4n) is 4.58. The van der Waals surface area contributed by atoms with Crippen LogP contribution in [-0.2, 0) is 26.2 Å². The molecule has 11 heteroatoms. The van der Waals surface area contributed by atoms with Gasteiger partial charge >= 0.3 is 0 Å². The van der Waals surface area contributed by atoms with E-state index in [1.807, 2.05) is 0 Å². The van der Waals surface area contributed by atoms with Gasteiger partial charge < -0.3 is 19.7 Å². The summed E-state index contributed by atoms with van der Waals surface area (Å²) in [5.74, 6) is -0.0606. The summed E-state index contributed by atoms with van der Waals surface area (Å²) in [7, 11) is -0.955. The first-order valence-corrected chi connectivity index (χ1v) is 14.8. The van der Waals surface area contributed by atoms with Gasteiger partial charge in [0.2, 0.25) is 21.8 Å². The number of rotatable bonds is 11. The van der Waals surface area contributed by atoms with Crippen LogP contribution in [0.1, 0.15) is 44.6 Å². The molecule has 0 spiro atoms. The molecule has 1 aliphatic rings. The largest absolute Gasteiger partial charge is 0.493 e. The molecule has 38 heavy (non-hydrogen) atoms. The summed E-state index contributed by atoms with van der Waals surface area (Å²) in [4.78, 5) is 28.3. The minimum absolute atomic E-state index is 0.0705. The number of nitrogens with zero attached hydrogens (tertiary/aromatic N) is 2. The second-order valence-electron chi connectivity index (χ2n) is 9.48. The predicted molar refractivity (Wildman–Crippen MR) is 148 cm³/mol. The first kappa shape index (κ1) is 29.6. The number of amides is 2. The Morgan fingerprint density at radius 2 is 1.74 bits per heavy atom. The molecule has 0 aliphatic heterocycles. The number of halogens is 1. The number of methoxy groups -OCH3 is 2. The summed E-state index contributed by atoms with van der Waals surface area (Å²) < 4.78 is 37.2. The van der Waals surface area contributed by atoms with Crippen molar-refractivity contribution >= 4 is 39.1 Å². The van der Waals surface area contributed by atoms with Crippen molar-refractivity contribution in [1.82, 2.24) is 10.2 Å². The van der Waals surface area contributed by atoms with Gasteiger partial charge in [-0.05, 0) is 49.6 Å². The van der Waals surface area contributed by atoms with Crippen molar-refractivity contribution in [2.45, 2.75) is 57.7 Å². The number of hydrogen-bond donors (Lipinski definition) is 1. The highest BCUT2D eigenvalue weighted by atomic mass is 35.5. The first-order chi connectivity index (χ1) is 18.0. The minimum atomic E-state index is -3.87. The molecule has 2 aromatic carbocycles. The van der Waals surface area contributed by atoms with Gasteiger partial charge in [-0.25, -0.2) is 8.42 Å². The minimum Gasteiger partial charge on any atom is -0.493 e. The number of sulfonamides is 1. The summed E-state index contributed by atoms with van der Waals surface area (Å²) in [5.41, 5.74) is 0.959. The molecule has 0 aromatic heterocycles. The Labute approximate surface area is 230 Å². The molecular formula is C27H36ClN3O6S. The topological polar surface area (TPSA) is 105 Å². The second kappa shape index (κ2) is 13.2. The molecular weight excluding hydrogens is 530 g/mol. The summed E-state index contributed by atoms with van der Waals surface area (Å²) in [6, 6.07) is 10.8. The van der Waals surface area contributed by atoms with E-state index < -0.39 is 28.5 Å². The van der Waals surface area contributed by atoms with Crippen molar-refractivity contribution in [2.24, 2.45) is 0 Å². The van der Waals surface area contributed by atoms with Crippen molar-refractivity contribution < 1.29 is 27.5 Å². The quantitative estimate of drug-likeness (QED) is 0.442. The summed E-state index contributed by atoms with van der Waals surface area (Å²) in [5, 5.41) is 3.57. The zero-order valence-corrected chi connectivity index (χ0v) is 23.8. The average molecular weight is 566 g/mol. The van der Waals surface area contributed by atoms with E-state index in [-0.39, 0.29) is 24.2 Å². The van der Waals surface area contributed by atoms with Gasteiger partial charge in [-0.3, -0.25) is 13.9 Å². The molecule has 1 atom stereocenters. The van der Waals surface area contributed by atoms with Crippen LogP contribution in [0.2, 0.25) is 5.02 Å². The Hall–Kier alpha value is -2.98. The molecule has 0 heterocycles. The number of benzene rings is 2. The van der Waals surface area contributed by atoms with Crippen molar-refractivity contribution in [1.29, 1.82) is 0 Å². The molecule has 0 radical (unpaired) electrons. The highest BCUT2D eigenvalue weighted by Gasteiger charge is 2.31. The Morgan fingerprint density at radius 3 is 2.34 bits per heavy atom. The fourth-order valence-corrected chi connectivity index (χ4v) is 5.63. The molecule has 2 amide bonds. The summed E-state index contributed by atoms with van der Waals surface area (Å²) in [6.07, 6.45) is 6.10. The third kappa shape index (κ3) is 7.77. The maximum atomic E-state index is 13.7. The maximum absolute atomic E-state index is 13.7. The Kier molecular flexibility index (Phi) is 10.3. The van der Waals surface area contributed by atoms with E-state index in [9.17, 15) is 18.0 Å². The van der Waals surface area contributed by atoms with Gasteiger partial charge in [-0.2, -0.15) is 0 Å². The Bertz CT molecular complexity index is 1230. The zero-order chi connectivity index (χ0) is 27.9. The smallest absolute Gasteiger partial charge is 0.244 e. The third-order valence-corrected chi connectivity index (χ3v) is 8.07. The lowest BCUT2D eigenvalue weighted by molar-refractivity contribution is -0.139. The van der Waals surface area contributed by atoms with E-state index >= 15 is 0 Å². The number of carbonyl (C=O) groups excluding carboxylic acids is 2. The Balaban J connectivity index is 1.90. The normalized spacial score (nSPS) is 14.9. The molecule has 1 aliphatic carbocycles. The van der Waals surface area contributed by atoms with Crippen LogP contribution in [0.5, 0.6) is 11.5 Å². The Morgan fingerprint density at radius 1 is 1.05 bits per heavy atom. The lowest BCUT2D eigenvalue weighted by Gasteiger charge is -2.33. The van der Waals surface area contributed by atoms with E-state index in [2.05, 4.69) is 5.32 Å². The molecule has 9 nitrogen and oxygen atoms in total. The molecule has 0 unspecified atom stereocenters. The lowest BCUT2D eigenvalue weighted by atomic mass is 9.95. The molecule has 2 aromatic rings. The highest BCUT2D eigenvalue weighted by Crippen LogP contribution is 2.32. The van der Waals surface area contributed by atoms with E-state index in [0.717, 1.165) is 48.2 Å². The van der Waals surface area contributed by atoms with Crippen molar-refractivity contribution in [3.8, 4) is 11.5 Å². The number of hydrogen-bond acceptors (Lipinski definition) is 6. The van der Waals surface area contributed by atoms with E-state index in [4.69, 9.17) is 21.1 Å². The van der Waals surface area contributed by atoms with Gasteiger partial charge in [0.05, 0.1) is 26.2 Å². The van der Waals surface area contributed by atoms with Gasteiger partial charge in [0.15, 0.2) is 11.5 Å². The van der Waals surface area contributed by atoms with Crippen LogP contribution in [0.25, 0.3) is 0 Å². The standard InChI is InChI=1S/C27H36ClN3O6S/c1-19(27(33)29-22-11-6-5-7-12-22)30(17-20-9-8-10-21(28)15-20)26(32)18-31(38(4,34)35)23-13-14-24(36-2)25(16-23)37-3/h8-10,13-16,19,22H,5-7,11-12,17-18H2,1-4H3,(H,29,33)/t19-/m0/s1. The van der Waals surface area contributed by atoms with Gasteiger partial charge in [0.1, 0.15) is 12.6 Å². The number of carbonyl (C=O) groups is 2. The molecule has 1 fully saturated rings. The summed E-state index contributed by atoms with van der Waals surface area (Å²) in [6.45, 7) is 1.24. The van der Waals surface area contributed by atoms with Crippen LogP contribution in [-0.4, -0.2) is 64.2 Å². The predicted octanol–water partition coefficient (Wildman–Crippen LogP) is 3.99. The van der Waals surface area contributed by atoms with Crippen molar-refractivity contribution in [3.63, 3.8) is 0 Å². The molecule has 1 N–H and O–H groups in total.